The Morgan fingerprint density at radius 1 is 1.33 bits per heavy atom. The van der Waals surface area contributed by atoms with E-state index in [4.69, 9.17) is 5.73 Å². The summed E-state index contributed by atoms with van der Waals surface area (Å²) in [6.07, 6.45) is 4.76. The van der Waals surface area contributed by atoms with Crippen molar-refractivity contribution in [2.24, 2.45) is 0 Å². The number of aromatic amines is 1. The predicted octanol–water partition coefficient (Wildman–Crippen LogP) is 2.60. The monoisotopic (exact) mass is 298 g/mol. The maximum Gasteiger partial charge on any atom is 0.208 e. The minimum absolute atomic E-state index is 0.332. The highest BCUT2D eigenvalue weighted by molar-refractivity contribution is 7.13. The number of H-pyrrole nitrogens is 1. The van der Waals surface area contributed by atoms with Crippen LogP contribution in [0.4, 0.5) is 5.82 Å². The summed E-state index contributed by atoms with van der Waals surface area (Å²) < 4.78 is 0. The van der Waals surface area contributed by atoms with Gasteiger partial charge in [-0.1, -0.05) is 19.3 Å². The van der Waals surface area contributed by atoms with E-state index in [0.29, 0.717) is 28.6 Å². The molecule has 106 valence electrons. The Hall–Kier alpha value is -2.46. The molecule has 3 aromatic rings. The normalized spacial score (nSPS) is 10.5. The van der Waals surface area contributed by atoms with Crippen LogP contribution in [0.5, 0.6) is 0 Å². The molecule has 3 heterocycles. The third-order valence-corrected chi connectivity index (χ3v) is 3.64. The molecule has 0 saturated carbocycles. The SMILES string of the molecule is CCCCC#Cc1nc(N)c2nc(-c3nccs3)[nH]c2n1. The summed E-state index contributed by atoms with van der Waals surface area (Å²) in [6.45, 7) is 2.13. The first-order valence-corrected chi connectivity index (χ1v) is 7.58. The first kappa shape index (κ1) is 13.5. The first-order valence-electron chi connectivity index (χ1n) is 6.70. The number of nitrogens with one attached hydrogen (secondary N) is 1. The minimum atomic E-state index is 0.332. The number of hydrogen-bond acceptors (Lipinski definition) is 6. The largest absolute Gasteiger partial charge is 0.382 e. The number of unbranched alkanes of at least 4 members (excludes halogenated alkanes) is 2. The molecule has 0 saturated heterocycles. The number of fused-ring (bicyclic) bond motifs is 1. The number of hydrogen-bond donors (Lipinski definition) is 2. The van der Waals surface area contributed by atoms with Gasteiger partial charge >= 0.3 is 0 Å². The van der Waals surface area contributed by atoms with E-state index in [1.54, 1.807) is 6.20 Å². The molecule has 0 aliphatic rings. The van der Waals surface area contributed by atoms with Crippen molar-refractivity contribution in [3.63, 3.8) is 0 Å². The second-order valence-corrected chi connectivity index (χ2v) is 5.35. The third kappa shape index (κ3) is 2.85. The first-order chi connectivity index (χ1) is 10.3. The lowest BCUT2D eigenvalue weighted by atomic mass is 10.2. The molecule has 0 aliphatic carbocycles. The fourth-order valence-electron chi connectivity index (χ4n) is 1.83. The van der Waals surface area contributed by atoms with E-state index < -0.39 is 0 Å². The van der Waals surface area contributed by atoms with Crippen LogP contribution in [-0.4, -0.2) is 24.9 Å². The zero-order valence-corrected chi connectivity index (χ0v) is 12.4. The van der Waals surface area contributed by atoms with Gasteiger partial charge in [-0.05, 0) is 12.3 Å². The van der Waals surface area contributed by atoms with Crippen LogP contribution in [0.15, 0.2) is 11.6 Å². The summed E-state index contributed by atoms with van der Waals surface area (Å²) in [4.78, 5) is 20.3. The molecule has 3 rings (SSSR count). The molecule has 0 bridgehead atoms. The van der Waals surface area contributed by atoms with Crippen molar-refractivity contribution in [1.29, 1.82) is 0 Å². The van der Waals surface area contributed by atoms with Crippen molar-refractivity contribution in [3.8, 4) is 22.7 Å². The summed E-state index contributed by atoms with van der Waals surface area (Å²) in [5.74, 6) is 7.40. The Labute approximate surface area is 125 Å². The van der Waals surface area contributed by atoms with Crippen LogP contribution in [0.1, 0.15) is 32.0 Å². The zero-order valence-electron chi connectivity index (χ0n) is 11.6. The van der Waals surface area contributed by atoms with Crippen LogP contribution in [0, 0.1) is 11.8 Å². The van der Waals surface area contributed by atoms with E-state index in [0.717, 1.165) is 24.3 Å². The number of thiazole rings is 1. The standard InChI is InChI=1S/C14H14N6S/c1-2-3-4-5-6-9-17-11(15)10-12(18-9)20-13(19-10)14-16-7-8-21-14/h7-8H,2-4H2,1H3,(H3,15,17,18,19,20). The topological polar surface area (TPSA) is 93.4 Å². The highest BCUT2D eigenvalue weighted by Crippen LogP contribution is 2.23. The smallest absolute Gasteiger partial charge is 0.208 e. The molecule has 3 N–H and O–H groups in total. The van der Waals surface area contributed by atoms with Crippen molar-refractivity contribution in [2.45, 2.75) is 26.2 Å². The van der Waals surface area contributed by atoms with Gasteiger partial charge in [-0.2, -0.15) is 0 Å². The van der Waals surface area contributed by atoms with E-state index in [9.17, 15) is 0 Å². The van der Waals surface area contributed by atoms with Gasteiger partial charge in [0.1, 0.15) is 0 Å². The second kappa shape index (κ2) is 5.89. The quantitative estimate of drug-likeness (QED) is 0.572. The van der Waals surface area contributed by atoms with E-state index in [1.807, 2.05) is 5.38 Å². The number of anilines is 1. The predicted molar refractivity (Wildman–Crippen MR) is 83.6 cm³/mol. The van der Waals surface area contributed by atoms with Gasteiger partial charge in [0.2, 0.25) is 5.82 Å². The van der Waals surface area contributed by atoms with Crippen LogP contribution in [-0.2, 0) is 0 Å². The molecule has 0 fully saturated rings. The highest BCUT2D eigenvalue weighted by atomic mass is 32.1. The molecule has 6 nitrogen and oxygen atoms in total. The van der Waals surface area contributed by atoms with Gasteiger partial charge in [0, 0.05) is 18.0 Å². The Bertz CT molecular complexity index is 809. The molecule has 0 aromatic carbocycles. The molecular weight excluding hydrogens is 284 g/mol. The third-order valence-electron chi connectivity index (χ3n) is 2.86. The van der Waals surface area contributed by atoms with Gasteiger partial charge in [-0.25, -0.2) is 19.9 Å². The summed E-state index contributed by atoms with van der Waals surface area (Å²) >= 11 is 1.50. The Balaban J connectivity index is 1.97. The molecule has 0 aliphatic heterocycles. The fraction of sp³-hybridized carbons (Fsp3) is 0.286. The van der Waals surface area contributed by atoms with Crippen molar-refractivity contribution in [3.05, 3.63) is 17.4 Å². The number of aromatic nitrogens is 5. The average Bonchev–Trinajstić information content (AvgIpc) is 3.12. The Morgan fingerprint density at radius 2 is 2.24 bits per heavy atom. The van der Waals surface area contributed by atoms with Gasteiger partial charge in [0.15, 0.2) is 27.8 Å². The number of rotatable bonds is 3. The molecule has 0 spiro atoms. The number of nitrogens with two attached hydrogens (primary N) is 1. The lowest BCUT2D eigenvalue weighted by Gasteiger charge is -1.94. The molecule has 0 unspecified atom stereocenters. The second-order valence-electron chi connectivity index (χ2n) is 4.46. The van der Waals surface area contributed by atoms with Crippen molar-refractivity contribution >= 4 is 28.3 Å². The summed E-state index contributed by atoms with van der Waals surface area (Å²) in [5, 5.41) is 2.69. The summed E-state index contributed by atoms with van der Waals surface area (Å²) in [6, 6.07) is 0. The number of nitrogens with zero attached hydrogens (tertiary/aromatic N) is 4. The van der Waals surface area contributed by atoms with Crippen molar-refractivity contribution < 1.29 is 0 Å². The van der Waals surface area contributed by atoms with Crippen LogP contribution in [0.25, 0.3) is 22.0 Å². The average molecular weight is 298 g/mol. The van der Waals surface area contributed by atoms with E-state index >= 15 is 0 Å². The summed E-state index contributed by atoms with van der Waals surface area (Å²) in [5.41, 5.74) is 7.08. The van der Waals surface area contributed by atoms with Crippen LogP contribution in [0.2, 0.25) is 0 Å². The van der Waals surface area contributed by atoms with Gasteiger partial charge in [0.25, 0.3) is 0 Å². The van der Waals surface area contributed by atoms with E-state index in [1.165, 1.54) is 11.3 Å². The Kier molecular flexibility index (Phi) is 3.79. The van der Waals surface area contributed by atoms with E-state index in [-0.39, 0.29) is 0 Å². The van der Waals surface area contributed by atoms with Gasteiger partial charge in [0.05, 0.1) is 0 Å². The van der Waals surface area contributed by atoms with Crippen LogP contribution >= 0.6 is 11.3 Å². The highest BCUT2D eigenvalue weighted by Gasteiger charge is 2.12. The molecule has 0 radical (unpaired) electrons. The van der Waals surface area contributed by atoms with Crippen LogP contribution < -0.4 is 5.73 Å². The van der Waals surface area contributed by atoms with Gasteiger partial charge in [-0.3, -0.25) is 0 Å². The van der Waals surface area contributed by atoms with Crippen molar-refractivity contribution in [2.75, 3.05) is 5.73 Å². The maximum absolute atomic E-state index is 5.94. The lowest BCUT2D eigenvalue weighted by Crippen LogP contribution is -1.97. The molecule has 0 atom stereocenters. The minimum Gasteiger partial charge on any atom is -0.382 e. The van der Waals surface area contributed by atoms with Gasteiger partial charge < -0.3 is 10.7 Å². The van der Waals surface area contributed by atoms with Crippen LogP contribution in [0.3, 0.4) is 0 Å². The molecule has 0 amide bonds. The van der Waals surface area contributed by atoms with Crippen molar-refractivity contribution in [1.82, 2.24) is 24.9 Å². The van der Waals surface area contributed by atoms with E-state index in [2.05, 4.69) is 43.7 Å². The lowest BCUT2D eigenvalue weighted by molar-refractivity contribution is 0.828. The summed E-state index contributed by atoms with van der Waals surface area (Å²) in [7, 11) is 0. The van der Waals surface area contributed by atoms with Gasteiger partial charge in [-0.15, -0.1) is 11.3 Å². The molecule has 21 heavy (non-hydrogen) atoms. The zero-order chi connectivity index (χ0) is 14.7. The molecule has 7 heteroatoms. The molecule has 3 aromatic heterocycles. The Morgan fingerprint density at radius 3 is 3.00 bits per heavy atom. The number of nitrogen functional groups attached to an aromatic ring is 1. The fourth-order valence-corrected chi connectivity index (χ4v) is 2.41. The maximum atomic E-state index is 5.94. The number of imidazole rings is 1. The molecular formula is C14H14N6S.